The molecule has 2 saturated heterocycles. The fourth-order valence-electron chi connectivity index (χ4n) is 2.01. The Morgan fingerprint density at radius 2 is 2.17 bits per heavy atom. The summed E-state index contributed by atoms with van der Waals surface area (Å²) >= 11 is 0. The highest BCUT2D eigenvalue weighted by atomic mass is 35.5. The molecule has 0 aliphatic carbocycles. The summed E-state index contributed by atoms with van der Waals surface area (Å²) in [7, 11) is 0. The number of piperidine rings is 1. The van der Waals surface area contributed by atoms with Crippen LogP contribution in [0.15, 0.2) is 0 Å². The number of carbonyl (C=O) groups is 1. The molecule has 2 heterocycles. The minimum atomic E-state index is 0. The number of hydrogen-bond donors (Lipinski definition) is 2. The largest absolute Gasteiger partial charge is 0.356 e. The Hall–Kier alpha value is -0.280. The van der Waals surface area contributed by atoms with Gasteiger partial charge in [-0.15, -0.1) is 12.4 Å². The maximum Gasteiger partial charge on any atom is 0.223 e. The lowest BCUT2D eigenvalue weighted by Gasteiger charge is -2.49. The van der Waals surface area contributed by atoms with E-state index >= 15 is 0 Å². The van der Waals surface area contributed by atoms with Gasteiger partial charge in [-0.1, -0.05) is 6.92 Å². The van der Waals surface area contributed by atoms with Gasteiger partial charge in [-0.05, 0) is 6.42 Å². The van der Waals surface area contributed by atoms with Crippen molar-refractivity contribution in [1.82, 2.24) is 10.6 Å². The van der Waals surface area contributed by atoms with Gasteiger partial charge in [0.1, 0.15) is 0 Å². The SMILES string of the molecule is CC1C(=O)NCCC12CNC2.Cl. The van der Waals surface area contributed by atoms with Gasteiger partial charge in [0.05, 0.1) is 0 Å². The first-order valence-electron chi connectivity index (χ1n) is 4.23. The van der Waals surface area contributed by atoms with E-state index in [-0.39, 0.29) is 24.2 Å². The summed E-state index contributed by atoms with van der Waals surface area (Å²) < 4.78 is 0. The van der Waals surface area contributed by atoms with E-state index in [0.29, 0.717) is 5.41 Å². The average molecular weight is 191 g/mol. The van der Waals surface area contributed by atoms with E-state index in [2.05, 4.69) is 10.6 Å². The summed E-state index contributed by atoms with van der Waals surface area (Å²) in [5.74, 6) is 0.440. The molecule has 0 aromatic rings. The van der Waals surface area contributed by atoms with Crippen LogP contribution < -0.4 is 10.6 Å². The van der Waals surface area contributed by atoms with Gasteiger partial charge in [-0.25, -0.2) is 0 Å². The van der Waals surface area contributed by atoms with Gasteiger partial charge in [-0.2, -0.15) is 0 Å². The van der Waals surface area contributed by atoms with Crippen molar-refractivity contribution in [2.75, 3.05) is 19.6 Å². The number of halogens is 1. The lowest BCUT2D eigenvalue weighted by molar-refractivity contribution is -0.134. The Morgan fingerprint density at radius 3 is 2.58 bits per heavy atom. The molecule has 0 saturated carbocycles. The first-order valence-corrected chi connectivity index (χ1v) is 4.23. The number of carbonyl (C=O) groups excluding carboxylic acids is 1. The van der Waals surface area contributed by atoms with E-state index < -0.39 is 0 Å². The maximum absolute atomic E-state index is 11.3. The standard InChI is InChI=1S/C8H14N2O.ClH/c1-6-7(11)10-3-2-8(6)4-9-5-8;/h6,9H,2-5H2,1H3,(H,10,11);1H. The maximum atomic E-state index is 11.3. The summed E-state index contributed by atoms with van der Waals surface area (Å²) in [6.07, 6.45) is 1.15. The van der Waals surface area contributed by atoms with Crippen LogP contribution in [0.2, 0.25) is 0 Å². The molecule has 0 bridgehead atoms. The van der Waals surface area contributed by atoms with Crippen LogP contribution in [-0.2, 0) is 4.79 Å². The lowest BCUT2D eigenvalue weighted by atomic mass is 9.67. The number of amides is 1. The zero-order chi connectivity index (χ0) is 7.90. The summed E-state index contributed by atoms with van der Waals surface area (Å²) in [5, 5.41) is 6.13. The lowest BCUT2D eigenvalue weighted by Crippen LogP contribution is -2.63. The molecule has 4 heteroatoms. The van der Waals surface area contributed by atoms with Crippen molar-refractivity contribution in [1.29, 1.82) is 0 Å². The van der Waals surface area contributed by atoms with Crippen LogP contribution in [0.3, 0.4) is 0 Å². The highest BCUT2D eigenvalue weighted by Gasteiger charge is 2.46. The first kappa shape index (κ1) is 9.81. The summed E-state index contributed by atoms with van der Waals surface area (Å²) in [6, 6.07) is 0. The van der Waals surface area contributed by atoms with Gasteiger partial charge in [0.2, 0.25) is 5.91 Å². The van der Waals surface area contributed by atoms with Gasteiger partial charge in [0.25, 0.3) is 0 Å². The molecule has 0 aromatic heterocycles. The van der Waals surface area contributed by atoms with Crippen molar-refractivity contribution < 1.29 is 4.79 Å². The Labute approximate surface area is 78.7 Å². The highest BCUT2D eigenvalue weighted by Crippen LogP contribution is 2.37. The van der Waals surface area contributed by atoms with E-state index in [1.807, 2.05) is 6.92 Å². The molecule has 0 aromatic carbocycles. The number of hydrogen-bond acceptors (Lipinski definition) is 2. The molecule has 2 aliphatic heterocycles. The molecule has 2 fully saturated rings. The quantitative estimate of drug-likeness (QED) is 0.571. The average Bonchev–Trinajstić information content (AvgIpc) is 1.91. The molecule has 1 spiro atoms. The second-order valence-corrected chi connectivity index (χ2v) is 3.73. The molecule has 2 aliphatic rings. The molecule has 70 valence electrons. The minimum absolute atomic E-state index is 0. The van der Waals surface area contributed by atoms with Gasteiger partial charge in [0.15, 0.2) is 0 Å². The van der Waals surface area contributed by atoms with Crippen molar-refractivity contribution >= 4 is 18.3 Å². The third-order valence-corrected chi connectivity index (χ3v) is 3.19. The predicted octanol–water partition coefficient (Wildman–Crippen LogP) is 0.154. The normalized spacial score (nSPS) is 31.8. The van der Waals surface area contributed by atoms with E-state index in [1.165, 1.54) is 0 Å². The molecule has 1 unspecified atom stereocenters. The Morgan fingerprint density at radius 1 is 1.50 bits per heavy atom. The van der Waals surface area contributed by atoms with Crippen molar-refractivity contribution in [2.24, 2.45) is 11.3 Å². The monoisotopic (exact) mass is 190 g/mol. The van der Waals surface area contributed by atoms with Crippen molar-refractivity contribution in [3.8, 4) is 0 Å². The Kier molecular flexibility index (Phi) is 2.64. The third-order valence-electron chi connectivity index (χ3n) is 3.19. The number of rotatable bonds is 0. The van der Waals surface area contributed by atoms with Crippen molar-refractivity contribution in [3.63, 3.8) is 0 Å². The predicted molar refractivity (Wildman–Crippen MR) is 49.3 cm³/mol. The zero-order valence-electron chi connectivity index (χ0n) is 7.22. The van der Waals surface area contributed by atoms with E-state index in [0.717, 1.165) is 26.1 Å². The van der Waals surface area contributed by atoms with Gasteiger partial charge >= 0.3 is 0 Å². The molecule has 2 rings (SSSR count). The molecular formula is C8H15ClN2O. The first-order chi connectivity index (χ1) is 5.25. The van der Waals surface area contributed by atoms with Crippen molar-refractivity contribution in [2.45, 2.75) is 13.3 Å². The molecule has 1 amide bonds. The van der Waals surface area contributed by atoms with Gasteiger partial charge in [0, 0.05) is 31.0 Å². The van der Waals surface area contributed by atoms with Crippen LogP contribution in [0, 0.1) is 11.3 Å². The zero-order valence-corrected chi connectivity index (χ0v) is 8.04. The third kappa shape index (κ3) is 1.21. The summed E-state index contributed by atoms with van der Waals surface area (Å²) in [4.78, 5) is 11.3. The topological polar surface area (TPSA) is 41.1 Å². The Bertz CT molecular complexity index is 191. The second kappa shape index (κ2) is 3.23. The van der Waals surface area contributed by atoms with Gasteiger partial charge < -0.3 is 10.6 Å². The van der Waals surface area contributed by atoms with Gasteiger partial charge in [-0.3, -0.25) is 4.79 Å². The fraction of sp³-hybridized carbons (Fsp3) is 0.875. The van der Waals surface area contributed by atoms with Crippen LogP contribution in [0.4, 0.5) is 0 Å². The molecule has 2 N–H and O–H groups in total. The Balaban J connectivity index is 0.000000720. The smallest absolute Gasteiger partial charge is 0.223 e. The molecule has 0 radical (unpaired) electrons. The minimum Gasteiger partial charge on any atom is -0.356 e. The number of nitrogens with one attached hydrogen (secondary N) is 2. The highest BCUT2D eigenvalue weighted by molar-refractivity contribution is 5.85. The van der Waals surface area contributed by atoms with E-state index in [4.69, 9.17) is 0 Å². The molecule has 1 atom stereocenters. The van der Waals surface area contributed by atoms with Crippen LogP contribution in [-0.4, -0.2) is 25.5 Å². The molecular weight excluding hydrogens is 176 g/mol. The summed E-state index contributed by atoms with van der Waals surface area (Å²) in [6.45, 7) is 4.96. The van der Waals surface area contributed by atoms with Crippen LogP contribution >= 0.6 is 12.4 Å². The van der Waals surface area contributed by atoms with Crippen LogP contribution in [0.5, 0.6) is 0 Å². The molecule has 3 nitrogen and oxygen atoms in total. The van der Waals surface area contributed by atoms with Crippen LogP contribution in [0.1, 0.15) is 13.3 Å². The summed E-state index contributed by atoms with van der Waals surface area (Å²) in [5.41, 5.74) is 0.308. The van der Waals surface area contributed by atoms with E-state index in [9.17, 15) is 4.79 Å². The second-order valence-electron chi connectivity index (χ2n) is 3.73. The fourth-order valence-corrected chi connectivity index (χ4v) is 2.01. The van der Waals surface area contributed by atoms with Crippen molar-refractivity contribution in [3.05, 3.63) is 0 Å². The van der Waals surface area contributed by atoms with E-state index in [1.54, 1.807) is 0 Å². The molecule has 12 heavy (non-hydrogen) atoms. The van der Waals surface area contributed by atoms with Crippen LogP contribution in [0.25, 0.3) is 0 Å².